The molecule has 0 saturated heterocycles. The Morgan fingerprint density at radius 1 is 1.39 bits per heavy atom. The number of benzene rings is 1. The molecule has 0 aliphatic heterocycles. The van der Waals surface area contributed by atoms with E-state index in [1.807, 2.05) is 12.1 Å². The maximum Gasteiger partial charge on any atom is 0.0762 e. The molecule has 0 heterocycles. The summed E-state index contributed by atoms with van der Waals surface area (Å²) in [5.74, 6) is 0. The van der Waals surface area contributed by atoms with Crippen molar-refractivity contribution in [3.05, 3.63) is 28.8 Å². The quantitative estimate of drug-likeness (QED) is 0.887. The van der Waals surface area contributed by atoms with E-state index >= 15 is 0 Å². The maximum atomic E-state index is 9.51. The van der Waals surface area contributed by atoms with Crippen LogP contribution < -0.4 is 4.90 Å². The minimum absolute atomic E-state index is 0.272. The molecule has 1 N–H and O–H groups in total. The molecular formula is C14H19ClN2O. The third-order valence-electron chi connectivity index (χ3n) is 2.85. The highest BCUT2D eigenvalue weighted by Gasteiger charge is 2.14. The minimum Gasteiger partial charge on any atom is -0.389 e. The van der Waals surface area contributed by atoms with Gasteiger partial charge in [-0.1, -0.05) is 17.7 Å². The highest BCUT2D eigenvalue weighted by Crippen LogP contribution is 2.30. The second-order valence-electron chi connectivity index (χ2n) is 4.58. The van der Waals surface area contributed by atoms with Crippen LogP contribution in [0.15, 0.2) is 18.2 Å². The van der Waals surface area contributed by atoms with Gasteiger partial charge in [0.25, 0.3) is 0 Å². The van der Waals surface area contributed by atoms with Gasteiger partial charge in [0.05, 0.1) is 29.3 Å². The highest BCUT2D eigenvalue weighted by atomic mass is 35.5. The standard InChI is InChI=1S/C14H19ClN2O/c1-10(2)17(8-4-7-16)14-6-5-12(11(3)18)9-13(14)15/h5-6,9-11,18H,4,8H2,1-3H3/t11-/m0/s1. The number of hydrogen-bond acceptors (Lipinski definition) is 3. The van der Waals surface area contributed by atoms with Gasteiger partial charge in [-0.05, 0) is 38.5 Å². The van der Waals surface area contributed by atoms with Crippen LogP contribution in [-0.2, 0) is 0 Å². The fraction of sp³-hybridized carbons (Fsp3) is 0.500. The van der Waals surface area contributed by atoms with E-state index in [9.17, 15) is 5.11 Å². The van der Waals surface area contributed by atoms with Crippen molar-refractivity contribution in [2.24, 2.45) is 0 Å². The zero-order chi connectivity index (χ0) is 13.7. The number of hydrogen-bond donors (Lipinski definition) is 1. The second kappa shape index (κ2) is 6.63. The maximum absolute atomic E-state index is 9.51. The molecule has 0 bridgehead atoms. The molecule has 18 heavy (non-hydrogen) atoms. The van der Waals surface area contributed by atoms with Crippen LogP contribution in [0.25, 0.3) is 0 Å². The van der Waals surface area contributed by atoms with Gasteiger partial charge < -0.3 is 10.0 Å². The number of aliphatic hydroxyl groups is 1. The summed E-state index contributed by atoms with van der Waals surface area (Å²) in [7, 11) is 0. The van der Waals surface area contributed by atoms with Gasteiger partial charge >= 0.3 is 0 Å². The first kappa shape index (κ1) is 14.8. The van der Waals surface area contributed by atoms with E-state index in [-0.39, 0.29) is 6.04 Å². The number of aliphatic hydroxyl groups excluding tert-OH is 1. The summed E-state index contributed by atoms with van der Waals surface area (Å²) in [6.45, 7) is 6.50. The van der Waals surface area contributed by atoms with Crippen molar-refractivity contribution in [2.45, 2.75) is 39.3 Å². The lowest BCUT2D eigenvalue weighted by molar-refractivity contribution is 0.199. The van der Waals surface area contributed by atoms with Crippen molar-refractivity contribution in [3.63, 3.8) is 0 Å². The molecule has 0 aromatic heterocycles. The average molecular weight is 267 g/mol. The Hall–Kier alpha value is -1.24. The number of anilines is 1. The molecule has 0 radical (unpaired) electrons. The summed E-state index contributed by atoms with van der Waals surface area (Å²) >= 11 is 6.26. The van der Waals surface area contributed by atoms with Crippen molar-refractivity contribution in [3.8, 4) is 6.07 Å². The Morgan fingerprint density at radius 2 is 2.06 bits per heavy atom. The van der Waals surface area contributed by atoms with Crippen LogP contribution >= 0.6 is 11.6 Å². The predicted molar refractivity (Wildman–Crippen MR) is 74.8 cm³/mol. The molecule has 0 unspecified atom stereocenters. The molecule has 3 nitrogen and oxygen atoms in total. The lowest BCUT2D eigenvalue weighted by Gasteiger charge is -2.29. The van der Waals surface area contributed by atoms with Crippen LogP contribution in [0.2, 0.25) is 5.02 Å². The Labute approximate surface area is 114 Å². The number of halogens is 1. The molecule has 0 amide bonds. The van der Waals surface area contributed by atoms with E-state index in [2.05, 4.69) is 24.8 Å². The molecular weight excluding hydrogens is 248 g/mol. The van der Waals surface area contributed by atoms with Crippen molar-refractivity contribution in [1.29, 1.82) is 5.26 Å². The van der Waals surface area contributed by atoms with Crippen LogP contribution in [0.3, 0.4) is 0 Å². The summed E-state index contributed by atoms with van der Waals surface area (Å²) < 4.78 is 0. The molecule has 98 valence electrons. The van der Waals surface area contributed by atoms with Crippen LogP contribution in [0, 0.1) is 11.3 Å². The van der Waals surface area contributed by atoms with Crippen molar-refractivity contribution in [2.75, 3.05) is 11.4 Å². The van der Waals surface area contributed by atoms with Crippen LogP contribution in [-0.4, -0.2) is 17.7 Å². The van der Waals surface area contributed by atoms with Gasteiger partial charge in [0.2, 0.25) is 0 Å². The summed E-state index contributed by atoms with van der Waals surface area (Å²) in [6, 6.07) is 7.97. The number of nitrogens with zero attached hydrogens (tertiary/aromatic N) is 2. The van der Waals surface area contributed by atoms with E-state index < -0.39 is 6.10 Å². The first-order valence-electron chi connectivity index (χ1n) is 6.08. The Bertz CT molecular complexity index is 438. The molecule has 0 saturated carbocycles. The summed E-state index contributed by atoms with van der Waals surface area (Å²) in [6.07, 6.45) is -0.0599. The van der Waals surface area contributed by atoms with Gasteiger partial charge in [-0.2, -0.15) is 5.26 Å². The van der Waals surface area contributed by atoms with Crippen LogP contribution in [0.1, 0.15) is 38.9 Å². The largest absolute Gasteiger partial charge is 0.389 e. The van der Waals surface area contributed by atoms with Crippen LogP contribution in [0.5, 0.6) is 0 Å². The monoisotopic (exact) mass is 266 g/mol. The Morgan fingerprint density at radius 3 is 2.50 bits per heavy atom. The molecule has 1 aromatic carbocycles. The zero-order valence-corrected chi connectivity index (χ0v) is 11.8. The molecule has 1 rings (SSSR count). The van der Waals surface area contributed by atoms with Gasteiger partial charge in [-0.25, -0.2) is 0 Å². The Kier molecular flexibility index (Phi) is 5.46. The molecule has 1 aromatic rings. The number of nitriles is 1. The molecule has 4 heteroatoms. The fourth-order valence-electron chi connectivity index (χ4n) is 1.84. The lowest BCUT2D eigenvalue weighted by Crippen LogP contribution is -2.31. The first-order valence-corrected chi connectivity index (χ1v) is 6.46. The zero-order valence-electron chi connectivity index (χ0n) is 11.0. The summed E-state index contributed by atoms with van der Waals surface area (Å²) in [5.41, 5.74) is 1.71. The normalized spacial score (nSPS) is 12.3. The predicted octanol–water partition coefficient (Wildman–Crippen LogP) is 3.52. The van der Waals surface area contributed by atoms with E-state index in [4.69, 9.17) is 16.9 Å². The lowest BCUT2D eigenvalue weighted by atomic mass is 10.1. The van der Waals surface area contributed by atoms with Crippen molar-refractivity contribution in [1.82, 2.24) is 0 Å². The highest BCUT2D eigenvalue weighted by molar-refractivity contribution is 6.33. The van der Waals surface area contributed by atoms with Crippen LogP contribution in [0.4, 0.5) is 5.69 Å². The average Bonchev–Trinajstić information content (AvgIpc) is 2.30. The minimum atomic E-state index is -0.525. The molecule has 0 aliphatic rings. The summed E-state index contributed by atoms with van der Waals surface area (Å²) in [4.78, 5) is 2.09. The first-order chi connectivity index (χ1) is 8.47. The van der Waals surface area contributed by atoms with Gasteiger partial charge in [0.1, 0.15) is 0 Å². The molecule has 0 spiro atoms. The third-order valence-corrected chi connectivity index (χ3v) is 3.15. The fourth-order valence-corrected chi connectivity index (χ4v) is 2.14. The smallest absolute Gasteiger partial charge is 0.0762 e. The van der Waals surface area contributed by atoms with Gasteiger partial charge in [0, 0.05) is 12.6 Å². The SMILES string of the molecule is CC(C)N(CCC#N)c1ccc([C@H](C)O)cc1Cl. The third kappa shape index (κ3) is 3.63. The molecule has 1 atom stereocenters. The van der Waals surface area contributed by atoms with Crippen molar-refractivity contribution < 1.29 is 5.11 Å². The summed E-state index contributed by atoms with van der Waals surface area (Å²) in [5, 5.41) is 18.8. The second-order valence-corrected chi connectivity index (χ2v) is 4.99. The van der Waals surface area contributed by atoms with E-state index in [0.717, 1.165) is 11.3 Å². The molecule has 0 aliphatic carbocycles. The van der Waals surface area contributed by atoms with Gasteiger partial charge in [0.15, 0.2) is 0 Å². The van der Waals surface area contributed by atoms with Gasteiger partial charge in [-0.3, -0.25) is 0 Å². The van der Waals surface area contributed by atoms with Gasteiger partial charge in [-0.15, -0.1) is 0 Å². The number of rotatable bonds is 5. The van der Waals surface area contributed by atoms with E-state index in [1.165, 1.54) is 0 Å². The van der Waals surface area contributed by atoms with E-state index in [1.54, 1.807) is 13.0 Å². The van der Waals surface area contributed by atoms with Crippen molar-refractivity contribution >= 4 is 17.3 Å². The topological polar surface area (TPSA) is 47.3 Å². The van der Waals surface area contributed by atoms with E-state index in [0.29, 0.717) is 18.0 Å². The Balaban J connectivity index is 3.02. The molecule has 0 fully saturated rings.